The summed E-state index contributed by atoms with van der Waals surface area (Å²) >= 11 is 0. The zero-order valence-corrected chi connectivity index (χ0v) is 16.7. The van der Waals surface area contributed by atoms with Gasteiger partial charge in [-0.2, -0.15) is 0 Å². The zero-order chi connectivity index (χ0) is 22.8. The number of nitrogens with zero attached hydrogens (tertiary/aromatic N) is 6. The maximum Gasteiger partial charge on any atom is 0.357 e. The van der Waals surface area contributed by atoms with Crippen LogP contribution in [0.25, 0.3) is 4.85 Å². The molecule has 2 aromatic heterocycles. The van der Waals surface area contributed by atoms with Crippen LogP contribution < -0.4 is 4.90 Å². The van der Waals surface area contributed by atoms with Gasteiger partial charge >= 0.3 is 5.97 Å². The Hall–Kier alpha value is -3.72. The van der Waals surface area contributed by atoms with E-state index in [9.17, 15) is 14.0 Å². The molecule has 1 amide bonds. The highest BCUT2D eigenvalue weighted by molar-refractivity contribution is 5.85. The molecule has 12 heteroatoms. The molecule has 2 aliphatic heterocycles. The van der Waals surface area contributed by atoms with E-state index < -0.39 is 41.5 Å². The predicted octanol–water partition coefficient (Wildman–Crippen LogP) is 2.33. The van der Waals surface area contributed by atoms with Crippen molar-refractivity contribution in [1.29, 1.82) is 0 Å². The fourth-order valence-electron chi connectivity index (χ4n) is 3.87. The van der Waals surface area contributed by atoms with E-state index in [0.717, 1.165) is 11.3 Å². The maximum atomic E-state index is 15.0. The van der Waals surface area contributed by atoms with Crippen LogP contribution in [0.3, 0.4) is 0 Å². The minimum atomic E-state index is -1.60. The molecule has 2 aromatic rings. The summed E-state index contributed by atoms with van der Waals surface area (Å²) in [7, 11) is 0. The largest absolute Gasteiger partial charge is 0.476 e. The number of piperidine rings is 1. The van der Waals surface area contributed by atoms with E-state index in [1.165, 1.54) is 11.1 Å². The Morgan fingerprint density at radius 1 is 1.28 bits per heavy atom. The lowest BCUT2D eigenvalue weighted by molar-refractivity contribution is -0.184. The Morgan fingerprint density at radius 3 is 2.81 bits per heavy atom. The van der Waals surface area contributed by atoms with Gasteiger partial charge in [-0.25, -0.2) is 33.5 Å². The maximum absolute atomic E-state index is 15.0. The van der Waals surface area contributed by atoms with Gasteiger partial charge in [0, 0.05) is 25.4 Å². The van der Waals surface area contributed by atoms with E-state index >= 15 is 4.39 Å². The summed E-state index contributed by atoms with van der Waals surface area (Å²) in [5, 5.41) is 10.2. The third-order valence-corrected chi connectivity index (χ3v) is 5.46. The highest BCUT2D eigenvalue weighted by Gasteiger charge is 2.42. The molecule has 1 N–H and O–H groups in total. The first-order valence-electron chi connectivity index (χ1n) is 9.82. The topological polar surface area (TPSA) is 113 Å². The normalized spacial score (nSPS) is 23.1. The van der Waals surface area contributed by atoms with E-state index in [-0.39, 0.29) is 32.1 Å². The molecule has 0 radical (unpaired) electrons. The number of carboxylic acids is 1. The van der Waals surface area contributed by atoms with Crippen molar-refractivity contribution in [1.82, 2.24) is 20.0 Å². The molecule has 4 heterocycles. The minimum Gasteiger partial charge on any atom is -0.476 e. The summed E-state index contributed by atoms with van der Waals surface area (Å²) in [5.74, 6) is -4.25. The average Bonchev–Trinajstić information content (AvgIpc) is 3.29. The molecule has 0 saturated carbocycles. The summed E-state index contributed by atoms with van der Waals surface area (Å²) in [6.45, 7) is 7.32. The summed E-state index contributed by atoms with van der Waals surface area (Å²) in [5.41, 5.74) is 0.170. The molecular formula is C20H18F2N6O4. The smallest absolute Gasteiger partial charge is 0.357 e. The number of hydrogen-bond acceptors (Lipinski definition) is 7. The third kappa shape index (κ3) is 4.06. The fraction of sp³-hybridized carbons (Fsp3) is 0.400. The quantitative estimate of drug-likeness (QED) is 0.715. The zero-order valence-electron chi connectivity index (χ0n) is 16.7. The molecule has 4 rings (SSSR count). The molecular weight excluding hydrogens is 426 g/mol. The molecule has 0 aromatic carbocycles. The van der Waals surface area contributed by atoms with Crippen molar-refractivity contribution in [3.8, 4) is 0 Å². The van der Waals surface area contributed by atoms with Crippen molar-refractivity contribution >= 4 is 23.5 Å². The second-order valence-corrected chi connectivity index (χ2v) is 7.42. The lowest BCUT2D eigenvalue weighted by atomic mass is 9.93. The van der Waals surface area contributed by atoms with Gasteiger partial charge in [0.25, 0.3) is 5.91 Å². The van der Waals surface area contributed by atoms with Gasteiger partial charge < -0.3 is 10.0 Å². The molecule has 0 bridgehead atoms. The van der Waals surface area contributed by atoms with Crippen LogP contribution in [-0.2, 0) is 9.63 Å². The van der Waals surface area contributed by atoms with E-state index in [1.807, 2.05) is 0 Å². The van der Waals surface area contributed by atoms with Gasteiger partial charge in [0.1, 0.15) is 6.17 Å². The minimum absolute atomic E-state index is 0.107. The van der Waals surface area contributed by atoms with Crippen molar-refractivity contribution in [2.24, 2.45) is 5.92 Å². The number of alkyl halides is 1. The monoisotopic (exact) mass is 444 g/mol. The number of carbonyl (C=O) groups is 2. The number of carbonyl (C=O) groups excluding carboxylic acids is 1. The number of pyridine rings is 1. The van der Waals surface area contributed by atoms with Crippen LogP contribution in [-0.4, -0.2) is 62.9 Å². The van der Waals surface area contributed by atoms with Gasteiger partial charge in [-0.3, -0.25) is 14.6 Å². The van der Waals surface area contributed by atoms with E-state index in [0.29, 0.717) is 17.7 Å². The van der Waals surface area contributed by atoms with Crippen molar-refractivity contribution in [2.45, 2.75) is 25.1 Å². The lowest BCUT2D eigenvalue weighted by Gasteiger charge is -2.36. The van der Waals surface area contributed by atoms with Crippen LogP contribution in [0, 0.1) is 18.3 Å². The highest BCUT2D eigenvalue weighted by atomic mass is 19.1. The number of halogens is 2. The Balaban J connectivity index is 1.47. The van der Waals surface area contributed by atoms with Gasteiger partial charge in [0.2, 0.25) is 11.6 Å². The number of aromatic carboxylic acids is 1. The number of amides is 1. The molecule has 2 aliphatic rings. The summed E-state index contributed by atoms with van der Waals surface area (Å²) in [6.07, 6.45) is 2.69. The molecule has 32 heavy (non-hydrogen) atoms. The van der Waals surface area contributed by atoms with Crippen LogP contribution in [0.5, 0.6) is 0 Å². The van der Waals surface area contributed by atoms with Crippen LogP contribution >= 0.6 is 0 Å². The molecule has 0 aliphatic carbocycles. The van der Waals surface area contributed by atoms with Crippen LogP contribution in [0.4, 0.5) is 20.4 Å². The van der Waals surface area contributed by atoms with Gasteiger partial charge in [-0.15, -0.1) is 0 Å². The number of hydroxylamine groups is 2. The molecule has 0 spiro atoms. The lowest BCUT2D eigenvalue weighted by Crippen LogP contribution is -2.49. The van der Waals surface area contributed by atoms with Crippen LogP contribution in [0.1, 0.15) is 34.9 Å². The van der Waals surface area contributed by atoms with Crippen molar-refractivity contribution in [3.05, 3.63) is 53.1 Å². The number of hydrogen-bond donors (Lipinski definition) is 1. The first-order chi connectivity index (χ1) is 15.4. The molecule has 2 fully saturated rings. The van der Waals surface area contributed by atoms with E-state index in [1.54, 1.807) is 12.3 Å². The fourth-order valence-corrected chi connectivity index (χ4v) is 3.87. The molecule has 2 saturated heterocycles. The van der Waals surface area contributed by atoms with Crippen molar-refractivity contribution in [2.75, 3.05) is 24.6 Å². The summed E-state index contributed by atoms with van der Waals surface area (Å²) in [4.78, 5) is 45.8. The van der Waals surface area contributed by atoms with E-state index in [2.05, 4.69) is 19.8 Å². The SMILES string of the molecule is [C-]#[N+]c1cncc([C@@H]2CCON2C(=O)C2CCN(c3ncc(F)c(C(=O)O)n3)CC2F)c1. The summed E-state index contributed by atoms with van der Waals surface area (Å²) in [6, 6.07) is 1.15. The summed E-state index contributed by atoms with van der Waals surface area (Å²) < 4.78 is 28.6. The van der Waals surface area contributed by atoms with E-state index in [4.69, 9.17) is 16.5 Å². The molecule has 3 atom stereocenters. The number of anilines is 1. The van der Waals surface area contributed by atoms with Crippen molar-refractivity contribution < 1.29 is 28.3 Å². The van der Waals surface area contributed by atoms with Gasteiger partial charge in [0.05, 0.1) is 37.9 Å². The van der Waals surface area contributed by atoms with Crippen LogP contribution in [0.15, 0.2) is 24.7 Å². The number of aromatic nitrogens is 3. The highest BCUT2D eigenvalue weighted by Crippen LogP contribution is 2.35. The van der Waals surface area contributed by atoms with Gasteiger partial charge in [0.15, 0.2) is 11.5 Å². The first kappa shape index (κ1) is 21.5. The number of carboxylic acid groups (broad SMARTS) is 1. The standard InChI is InChI=1S/C20H18F2N6O4/c1-23-12-6-11(7-24-8-12)16-3-5-32-28(16)18(29)13-2-4-27(10-15(13)22)20-25-9-14(21)17(26-20)19(30)31/h6-9,13,15-16H,2-5,10H2,(H,30,31)/t13?,15?,16-/m0/s1. The van der Waals surface area contributed by atoms with Crippen molar-refractivity contribution in [3.63, 3.8) is 0 Å². The Kier molecular flexibility index (Phi) is 5.91. The third-order valence-electron chi connectivity index (χ3n) is 5.46. The molecule has 166 valence electrons. The second-order valence-electron chi connectivity index (χ2n) is 7.42. The Morgan fingerprint density at radius 2 is 2.09 bits per heavy atom. The average molecular weight is 444 g/mol. The van der Waals surface area contributed by atoms with Crippen LogP contribution in [0.2, 0.25) is 0 Å². The van der Waals surface area contributed by atoms with Gasteiger partial charge in [-0.05, 0) is 18.1 Å². The molecule has 10 nitrogen and oxygen atoms in total. The predicted molar refractivity (Wildman–Crippen MR) is 105 cm³/mol. The van der Waals surface area contributed by atoms with Gasteiger partial charge in [-0.1, -0.05) is 0 Å². The second kappa shape index (κ2) is 8.80. The number of rotatable bonds is 4. The first-order valence-corrected chi connectivity index (χ1v) is 9.82. The molecule has 2 unspecified atom stereocenters. The Labute approximate surface area is 181 Å². The Bertz CT molecular complexity index is 1090.